The highest BCUT2D eigenvalue weighted by Crippen LogP contribution is 2.39. The number of hydrogen-bond acceptors (Lipinski definition) is 2. The molecule has 0 saturated carbocycles. The summed E-state index contributed by atoms with van der Waals surface area (Å²) in [7, 11) is 0. The molecule has 38 heavy (non-hydrogen) atoms. The van der Waals surface area contributed by atoms with Gasteiger partial charge in [0, 0.05) is 32.1 Å². The summed E-state index contributed by atoms with van der Waals surface area (Å²) in [6, 6.07) is 18.5. The topological polar surface area (TPSA) is 27.1 Å². The van der Waals surface area contributed by atoms with E-state index in [0.29, 0.717) is 22.0 Å². The Kier molecular flexibility index (Phi) is 7.03. The first-order valence-electron chi connectivity index (χ1n) is 11.3. The Hall–Kier alpha value is -3.62. The van der Waals surface area contributed by atoms with E-state index in [1.165, 1.54) is 47.1 Å². The monoisotopic (exact) mass is 562 g/mol. The van der Waals surface area contributed by atoms with Gasteiger partial charge in [0.05, 0.1) is 17.8 Å². The minimum absolute atomic E-state index is 0.121. The molecule has 0 aliphatic heterocycles. The molecule has 0 radical (unpaired) electrons. The summed E-state index contributed by atoms with van der Waals surface area (Å²) in [6.45, 7) is -0.271. The second-order valence-corrected chi connectivity index (χ2v) is 9.37. The lowest BCUT2D eigenvalue weighted by atomic mass is 10.0. The fourth-order valence-corrected chi connectivity index (χ4v) is 4.51. The minimum atomic E-state index is -4.65. The molecule has 10 heteroatoms. The van der Waals surface area contributed by atoms with E-state index in [2.05, 4.69) is 5.10 Å². The van der Waals surface area contributed by atoms with Crippen molar-refractivity contribution in [2.75, 3.05) is 0 Å². The van der Waals surface area contributed by atoms with Crippen molar-refractivity contribution in [2.45, 2.75) is 19.3 Å². The largest absolute Gasteiger partial charge is 0.489 e. The molecule has 0 bridgehead atoms. The van der Waals surface area contributed by atoms with Crippen LogP contribution >= 0.6 is 23.2 Å². The number of benzene rings is 4. The quantitative estimate of drug-likeness (QED) is 0.193. The van der Waals surface area contributed by atoms with Crippen LogP contribution in [0, 0.1) is 11.6 Å². The first kappa shape index (κ1) is 26.0. The van der Waals surface area contributed by atoms with E-state index in [1.54, 1.807) is 24.3 Å². The van der Waals surface area contributed by atoms with Crippen LogP contribution in [0.1, 0.15) is 16.7 Å². The Labute approximate surface area is 224 Å². The van der Waals surface area contributed by atoms with Crippen molar-refractivity contribution in [1.82, 2.24) is 9.78 Å². The van der Waals surface area contributed by atoms with Crippen molar-refractivity contribution in [3.8, 4) is 17.0 Å². The number of hydrogen-bond donors (Lipinski definition) is 0. The van der Waals surface area contributed by atoms with Gasteiger partial charge < -0.3 is 4.74 Å². The van der Waals surface area contributed by atoms with Crippen LogP contribution in [0.25, 0.3) is 22.2 Å². The van der Waals surface area contributed by atoms with Gasteiger partial charge in [-0.25, -0.2) is 8.78 Å². The third-order valence-corrected chi connectivity index (χ3v) is 6.39. The lowest BCUT2D eigenvalue weighted by Crippen LogP contribution is -2.07. The van der Waals surface area contributed by atoms with Gasteiger partial charge in [0.1, 0.15) is 29.5 Å². The van der Waals surface area contributed by atoms with Gasteiger partial charge in [-0.15, -0.1) is 0 Å². The molecule has 0 spiro atoms. The summed E-state index contributed by atoms with van der Waals surface area (Å²) in [5.74, 6) is -0.758. The zero-order chi connectivity index (χ0) is 27.0. The first-order valence-corrected chi connectivity index (χ1v) is 12.0. The summed E-state index contributed by atoms with van der Waals surface area (Å²) in [6.07, 6.45) is -4.65. The van der Waals surface area contributed by atoms with Gasteiger partial charge in [-0.3, -0.25) is 4.68 Å². The van der Waals surface area contributed by atoms with Gasteiger partial charge >= 0.3 is 6.18 Å². The van der Waals surface area contributed by atoms with Gasteiger partial charge in [0.2, 0.25) is 0 Å². The van der Waals surface area contributed by atoms with E-state index >= 15 is 0 Å². The van der Waals surface area contributed by atoms with Gasteiger partial charge in [-0.05, 0) is 48.5 Å². The number of ether oxygens (including phenoxy) is 1. The van der Waals surface area contributed by atoms with E-state index in [-0.39, 0.29) is 40.2 Å². The smallest absolute Gasteiger partial charge is 0.418 e. The molecule has 5 aromatic rings. The van der Waals surface area contributed by atoms with Crippen molar-refractivity contribution in [1.29, 1.82) is 0 Å². The van der Waals surface area contributed by atoms with Gasteiger partial charge in [0.15, 0.2) is 0 Å². The fraction of sp³-hybridized carbons (Fsp3) is 0.107. The predicted molar refractivity (Wildman–Crippen MR) is 136 cm³/mol. The molecule has 5 rings (SSSR count). The van der Waals surface area contributed by atoms with Crippen LogP contribution in [0.2, 0.25) is 10.0 Å². The number of nitrogens with zero attached hydrogens (tertiary/aromatic N) is 2. The maximum atomic E-state index is 14.6. The van der Waals surface area contributed by atoms with E-state index in [9.17, 15) is 22.0 Å². The average molecular weight is 563 g/mol. The number of fused-ring (bicyclic) bond motifs is 1. The molecule has 0 aliphatic carbocycles. The predicted octanol–water partition coefficient (Wildman–Crippen LogP) is 8.93. The van der Waals surface area contributed by atoms with Gasteiger partial charge in [0.25, 0.3) is 0 Å². The molecule has 0 amide bonds. The summed E-state index contributed by atoms with van der Waals surface area (Å²) < 4.78 is 77.2. The van der Waals surface area contributed by atoms with Crippen molar-refractivity contribution in [3.63, 3.8) is 0 Å². The van der Waals surface area contributed by atoms with Gasteiger partial charge in [-0.1, -0.05) is 53.5 Å². The van der Waals surface area contributed by atoms with E-state index in [4.69, 9.17) is 27.9 Å². The van der Waals surface area contributed by atoms with Crippen molar-refractivity contribution < 1.29 is 26.7 Å². The molecular formula is C28H17Cl2F5N2O. The molecule has 0 unspecified atom stereocenters. The Bertz CT molecular complexity index is 1650. The normalized spacial score (nSPS) is 11.8. The minimum Gasteiger partial charge on any atom is -0.489 e. The number of halogens is 7. The van der Waals surface area contributed by atoms with Crippen LogP contribution in [0.5, 0.6) is 5.75 Å². The maximum absolute atomic E-state index is 14.6. The molecular weight excluding hydrogens is 546 g/mol. The third-order valence-electron chi connectivity index (χ3n) is 5.92. The molecule has 3 nitrogen and oxygen atoms in total. The standard InChI is InChI=1S/C28H17Cl2F5N2O/c29-19-9-10-24(31)18(11-19)15-38-21-4-1-3-16(12-21)27-22-5-2-6-23(28(33,34)35)26(22)36-37(27)14-17-7-8-20(30)13-25(17)32/h1-13H,14-15H2. The second kappa shape index (κ2) is 10.3. The zero-order valence-corrected chi connectivity index (χ0v) is 20.9. The summed E-state index contributed by atoms with van der Waals surface area (Å²) >= 11 is 11.8. The van der Waals surface area contributed by atoms with Crippen molar-refractivity contribution in [3.05, 3.63) is 117 Å². The highest BCUT2D eigenvalue weighted by molar-refractivity contribution is 6.30. The van der Waals surface area contributed by atoms with Crippen LogP contribution in [-0.2, 0) is 19.3 Å². The first-order chi connectivity index (χ1) is 18.1. The number of aromatic nitrogens is 2. The lowest BCUT2D eigenvalue weighted by molar-refractivity contribution is -0.136. The number of rotatable bonds is 6. The van der Waals surface area contributed by atoms with Gasteiger partial charge in [-0.2, -0.15) is 18.3 Å². The van der Waals surface area contributed by atoms with Crippen LogP contribution in [0.3, 0.4) is 0 Å². The molecule has 1 heterocycles. The second-order valence-electron chi connectivity index (χ2n) is 8.49. The summed E-state index contributed by atoms with van der Waals surface area (Å²) in [5.41, 5.74) is 0.0736. The number of alkyl halides is 3. The van der Waals surface area contributed by atoms with Crippen molar-refractivity contribution in [2.24, 2.45) is 0 Å². The molecule has 194 valence electrons. The molecule has 0 N–H and O–H groups in total. The Morgan fingerprint density at radius 2 is 1.53 bits per heavy atom. The summed E-state index contributed by atoms with van der Waals surface area (Å²) in [5, 5.41) is 5.02. The molecule has 1 aromatic heterocycles. The summed E-state index contributed by atoms with van der Waals surface area (Å²) in [4.78, 5) is 0. The third kappa shape index (κ3) is 5.33. The SMILES string of the molecule is Fc1ccc(Cl)cc1COc1cccc(-c2c3cccc(C(F)(F)F)c3nn2Cc2ccc(Cl)cc2F)c1. The van der Waals surface area contributed by atoms with Crippen LogP contribution in [-0.4, -0.2) is 9.78 Å². The maximum Gasteiger partial charge on any atom is 0.418 e. The molecule has 0 fully saturated rings. The van der Waals surface area contributed by atoms with E-state index < -0.39 is 23.4 Å². The molecule has 0 saturated heterocycles. The average Bonchev–Trinajstić information content (AvgIpc) is 3.24. The zero-order valence-electron chi connectivity index (χ0n) is 19.4. The van der Waals surface area contributed by atoms with E-state index in [0.717, 1.165) is 12.1 Å². The molecule has 0 atom stereocenters. The lowest BCUT2D eigenvalue weighted by Gasteiger charge is -2.12. The van der Waals surface area contributed by atoms with Crippen LogP contribution in [0.4, 0.5) is 22.0 Å². The van der Waals surface area contributed by atoms with Crippen molar-refractivity contribution >= 4 is 34.1 Å². The van der Waals surface area contributed by atoms with E-state index in [1.807, 2.05) is 0 Å². The fourth-order valence-electron chi connectivity index (χ4n) is 4.16. The van der Waals surface area contributed by atoms with Crippen LogP contribution < -0.4 is 4.74 Å². The molecule has 0 aliphatic rings. The highest BCUT2D eigenvalue weighted by Gasteiger charge is 2.34. The highest BCUT2D eigenvalue weighted by atomic mass is 35.5. The Balaban J connectivity index is 1.59. The van der Waals surface area contributed by atoms with Crippen LogP contribution in [0.15, 0.2) is 78.9 Å². The Morgan fingerprint density at radius 3 is 2.29 bits per heavy atom. The Morgan fingerprint density at radius 1 is 0.789 bits per heavy atom. The molecule has 4 aromatic carbocycles.